The molecule has 6 heteroatoms. The van der Waals surface area contributed by atoms with E-state index in [4.69, 9.17) is 11.6 Å². The minimum Gasteiger partial charge on any atom is -0.344 e. The second-order valence-corrected chi connectivity index (χ2v) is 6.64. The number of aryl methyl sites for hydroxylation is 1. The summed E-state index contributed by atoms with van der Waals surface area (Å²) in [4.78, 5) is 12.7. The van der Waals surface area contributed by atoms with Gasteiger partial charge in [0.2, 0.25) is 0 Å². The molecule has 126 valence electrons. The van der Waals surface area contributed by atoms with Crippen LogP contribution in [-0.4, -0.2) is 20.7 Å². The summed E-state index contributed by atoms with van der Waals surface area (Å²) < 4.78 is 1.86. The van der Waals surface area contributed by atoms with Crippen LogP contribution in [0.25, 0.3) is 21.8 Å². The summed E-state index contributed by atoms with van der Waals surface area (Å²) >= 11 is 6.06. The predicted octanol–water partition coefficient (Wildman–Crippen LogP) is 4.20. The maximum atomic E-state index is 12.7. The number of nitrogens with zero attached hydrogens (tertiary/aromatic N) is 2. The molecule has 1 atom stereocenters. The van der Waals surface area contributed by atoms with Crippen molar-refractivity contribution in [1.29, 1.82) is 0 Å². The lowest BCUT2D eigenvalue weighted by molar-refractivity contribution is 0.0932. The van der Waals surface area contributed by atoms with Crippen LogP contribution in [0.1, 0.15) is 29.0 Å². The number of H-pyrrole nitrogens is 1. The molecule has 0 fully saturated rings. The number of nitrogens with one attached hydrogen (secondary N) is 2. The van der Waals surface area contributed by atoms with Gasteiger partial charge in [0.15, 0.2) is 0 Å². The minimum absolute atomic E-state index is 0.116. The lowest BCUT2D eigenvalue weighted by Gasteiger charge is -2.15. The van der Waals surface area contributed by atoms with Crippen LogP contribution in [0.4, 0.5) is 0 Å². The number of amides is 1. The third-order valence-electron chi connectivity index (χ3n) is 4.55. The molecule has 0 unspecified atom stereocenters. The van der Waals surface area contributed by atoms with Gasteiger partial charge in [0.25, 0.3) is 5.91 Å². The van der Waals surface area contributed by atoms with Crippen LogP contribution in [0.5, 0.6) is 0 Å². The molecule has 0 bridgehead atoms. The summed E-state index contributed by atoms with van der Waals surface area (Å²) in [6, 6.07) is 13.4. The van der Waals surface area contributed by atoms with Gasteiger partial charge in [-0.1, -0.05) is 23.7 Å². The third-order valence-corrected chi connectivity index (χ3v) is 4.79. The second kappa shape index (κ2) is 5.93. The normalized spacial score (nSPS) is 12.6. The van der Waals surface area contributed by atoms with Crippen LogP contribution in [0.2, 0.25) is 5.02 Å². The monoisotopic (exact) mass is 352 g/mol. The van der Waals surface area contributed by atoms with Crippen molar-refractivity contribution in [1.82, 2.24) is 20.1 Å². The van der Waals surface area contributed by atoms with E-state index < -0.39 is 0 Å². The minimum atomic E-state index is -0.117. The number of carbonyl (C=O) groups excluding carboxylic acids is 1. The molecule has 0 spiro atoms. The van der Waals surface area contributed by atoms with Crippen LogP contribution < -0.4 is 5.32 Å². The molecule has 2 N–H and O–H groups in total. The zero-order valence-electron chi connectivity index (χ0n) is 13.9. The highest BCUT2D eigenvalue weighted by molar-refractivity contribution is 6.31. The lowest BCUT2D eigenvalue weighted by atomic mass is 10.1. The van der Waals surface area contributed by atoms with E-state index in [2.05, 4.69) is 15.5 Å². The molecule has 0 saturated carbocycles. The van der Waals surface area contributed by atoms with Gasteiger partial charge in [0.1, 0.15) is 5.69 Å². The number of aromatic nitrogens is 3. The third kappa shape index (κ3) is 2.76. The Morgan fingerprint density at radius 3 is 2.88 bits per heavy atom. The number of halogens is 1. The van der Waals surface area contributed by atoms with E-state index in [0.29, 0.717) is 10.7 Å². The van der Waals surface area contributed by atoms with Crippen molar-refractivity contribution >= 4 is 39.3 Å². The maximum Gasteiger partial charge on any atom is 0.268 e. The van der Waals surface area contributed by atoms with E-state index in [-0.39, 0.29) is 11.9 Å². The van der Waals surface area contributed by atoms with Crippen molar-refractivity contribution < 1.29 is 4.79 Å². The Hall–Kier alpha value is -2.79. The van der Waals surface area contributed by atoms with Crippen molar-refractivity contribution in [3.63, 3.8) is 0 Å². The molecule has 2 aromatic heterocycles. The zero-order valence-corrected chi connectivity index (χ0v) is 14.6. The molecule has 4 rings (SSSR count). The van der Waals surface area contributed by atoms with Gasteiger partial charge < -0.3 is 9.88 Å². The zero-order chi connectivity index (χ0) is 17.6. The van der Waals surface area contributed by atoms with Gasteiger partial charge in [-0.3, -0.25) is 9.89 Å². The molecule has 2 aromatic carbocycles. The summed E-state index contributed by atoms with van der Waals surface area (Å²) in [6.45, 7) is 1.97. The Morgan fingerprint density at radius 1 is 1.20 bits per heavy atom. The van der Waals surface area contributed by atoms with Gasteiger partial charge in [-0.2, -0.15) is 5.10 Å². The van der Waals surface area contributed by atoms with Gasteiger partial charge in [-0.05, 0) is 42.8 Å². The van der Waals surface area contributed by atoms with E-state index in [1.165, 1.54) is 0 Å². The Bertz CT molecular complexity index is 1100. The van der Waals surface area contributed by atoms with E-state index in [1.54, 1.807) is 6.20 Å². The number of aromatic amines is 1. The number of benzene rings is 2. The number of rotatable bonds is 3. The SMILES string of the molecule is C[C@H](NC(=O)c1cc2ccc(Cl)cc2n1C)c1ccc2[nH]ncc2c1. The second-order valence-electron chi connectivity index (χ2n) is 6.20. The van der Waals surface area contributed by atoms with Crippen LogP contribution in [0, 0.1) is 0 Å². The number of hydrogen-bond acceptors (Lipinski definition) is 2. The van der Waals surface area contributed by atoms with Crippen LogP contribution in [0.3, 0.4) is 0 Å². The molecule has 0 saturated heterocycles. The first-order chi connectivity index (χ1) is 12.0. The van der Waals surface area contributed by atoms with Crippen molar-refractivity contribution in [2.45, 2.75) is 13.0 Å². The first kappa shape index (κ1) is 15.7. The Morgan fingerprint density at radius 2 is 2.04 bits per heavy atom. The fourth-order valence-electron chi connectivity index (χ4n) is 3.11. The molecule has 0 radical (unpaired) electrons. The lowest BCUT2D eigenvalue weighted by Crippen LogP contribution is -2.28. The molecule has 5 nitrogen and oxygen atoms in total. The van der Waals surface area contributed by atoms with Gasteiger partial charge in [-0.25, -0.2) is 0 Å². The molecule has 0 aliphatic heterocycles. The Labute approximate surface area is 149 Å². The average molecular weight is 353 g/mol. The Kier molecular flexibility index (Phi) is 3.73. The largest absolute Gasteiger partial charge is 0.344 e. The summed E-state index contributed by atoms with van der Waals surface area (Å²) in [6.07, 6.45) is 1.78. The molecule has 1 amide bonds. The van der Waals surface area contributed by atoms with Gasteiger partial charge in [0, 0.05) is 28.4 Å². The highest BCUT2D eigenvalue weighted by atomic mass is 35.5. The molecule has 2 heterocycles. The summed E-state index contributed by atoms with van der Waals surface area (Å²) in [5, 5.41) is 12.7. The van der Waals surface area contributed by atoms with Crippen LogP contribution in [0.15, 0.2) is 48.7 Å². The molecular formula is C19H17ClN4O. The topological polar surface area (TPSA) is 62.7 Å². The summed E-state index contributed by atoms with van der Waals surface area (Å²) in [7, 11) is 1.87. The van der Waals surface area contributed by atoms with Crippen molar-refractivity contribution in [2.24, 2.45) is 7.05 Å². The first-order valence-corrected chi connectivity index (χ1v) is 8.39. The van der Waals surface area contributed by atoms with Gasteiger partial charge in [0.05, 0.1) is 17.8 Å². The van der Waals surface area contributed by atoms with E-state index in [9.17, 15) is 4.79 Å². The number of hydrogen-bond donors (Lipinski definition) is 2. The quantitative estimate of drug-likeness (QED) is 0.580. The van der Waals surface area contributed by atoms with Gasteiger partial charge in [-0.15, -0.1) is 0 Å². The van der Waals surface area contributed by atoms with Crippen molar-refractivity contribution in [2.75, 3.05) is 0 Å². The highest BCUT2D eigenvalue weighted by Gasteiger charge is 2.17. The maximum absolute atomic E-state index is 12.7. The van der Waals surface area contributed by atoms with E-state index >= 15 is 0 Å². The smallest absolute Gasteiger partial charge is 0.268 e. The fourth-order valence-corrected chi connectivity index (χ4v) is 3.27. The van der Waals surface area contributed by atoms with Crippen molar-refractivity contribution in [3.05, 3.63) is 64.9 Å². The van der Waals surface area contributed by atoms with E-state index in [1.807, 2.05) is 61.0 Å². The fraction of sp³-hybridized carbons (Fsp3) is 0.158. The molecular weight excluding hydrogens is 336 g/mol. The molecule has 4 aromatic rings. The predicted molar refractivity (Wildman–Crippen MR) is 99.9 cm³/mol. The summed E-state index contributed by atoms with van der Waals surface area (Å²) in [5.41, 5.74) is 3.55. The standard InChI is InChI=1S/C19H17ClN4O/c1-11(12-4-6-16-14(7-12)10-21-23-16)22-19(25)18-8-13-3-5-15(20)9-17(13)24(18)2/h3-11H,1-2H3,(H,21,23)(H,22,25)/t11-/m0/s1. The number of fused-ring (bicyclic) bond motifs is 2. The van der Waals surface area contributed by atoms with Crippen LogP contribution >= 0.6 is 11.6 Å². The average Bonchev–Trinajstić information content (AvgIpc) is 3.19. The highest BCUT2D eigenvalue weighted by Crippen LogP contribution is 2.24. The number of carbonyl (C=O) groups is 1. The molecule has 0 aliphatic rings. The van der Waals surface area contributed by atoms with Gasteiger partial charge >= 0.3 is 0 Å². The van der Waals surface area contributed by atoms with Crippen molar-refractivity contribution in [3.8, 4) is 0 Å². The Balaban J connectivity index is 1.61. The molecule has 0 aliphatic carbocycles. The summed E-state index contributed by atoms with van der Waals surface area (Å²) in [5.74, 6) is -0.116. The van der Waals surface area contributed by atoms with Crippen LogP contribution in [-0.2, 0) is 7.05 Å². The molecule has 25 heavy (non-hydrogen) atoms. The van der Waals surface area contributed by atoms with E-state index in [0.717, 1.165) is 27.4 Å². The first-order valence-electron chi connectivity index (χ1n) is 8.02.